The van der Waals surface area contributed by atoms with Crippen molar-refractivity contribution in [2.45, 2.75) is 26.1 Å². The standard InChI is InChI=1S/C9H15F3N2O3/c1-5(6(2)13)8(17)14(3-7(15)16)4-9(10,11)12/h5-6H,3-4,13H2,1-2H3,(H,15,16). The van der Waals surface area contributed by atoms with Crippen LogP contribution >= 0.6 is 0 Å². The van der Waals surface area contributed by atoms with Crippen LogP contribution in [-0.2, 0) is 9.59 Å². The highest BCUT2D eigenvalue weighted by molar-refractivity contribution is 5.83. The summed E-state index contributed by atoms with van der Waals surface area (Å²) >= 11 is 0. The lowest BCUT2D eigenvalue weighted by atomic mass is 10.0. The summed E-state index contributed by atoms with van der Waals surface area (Å²) in [5.41, 5.74) is 5.39. The minimum Gasteiger partial charge on any atom is -0.480 e. The number of carbonyl (C=O) groups is 2. The Morgan fingerprint density at radius 2 is 1.82 bits per heavy atom. The molecule has 0 fully saturated rings. The lowest BCUT2D eigenvalue weighted by Crippen LogP contribution is -2.47. The van der Waals surface area contributed by atoms with E-state index in [1.54, 1.807) is 0 Å². The highest BCUT2D eigenvalue weighted by Gasteiger charge is 2.35. The van der Waals surface area contributed by atoms with Crippen molar-refractivity contribution in [3.63, 3.8) is 0 Å². The summed E-state index contributed by atoms with van der Waals surface area (Å²) in [6, 6.07) is -0.646. The number of carboxylic acid groups (broad SMARTS) is 1. The molecule has 3 N–H and O–H groups in total. The monoisotopic (exact) mass is 256 g/mol. The van der Waals surface area contributed by atoms with E-state index in [1.165, 1.54) is 13.8 Å². The Morgan fingerprint density at radius 1 is 1.35 bits per heavy atom. The van der Waals surface area contributed by atoms with Gasteiger partial charge in [-0.1, -0.05) is 6.92 Å². The van der Waals surface area contributed by atoms with Gasteiger partial charge in [-0.05, 0) is 6.92 Å². The van der Waals surface area contributed by atoms with Crippen molar-refractivity contribution >= 4 is 11.9 Å². The van der Waals surface area contributed by atoms with Gasteiger partial charge in [0.25, 0.3) is 0 Å². The summed E-state index contributed by atoms with van der Waals surface area (Å²) < 4.78 is 36.5. The first-order valence-corrected chi connectivity index (χ1v) is 4.87. The number of carboxylic acids is 1. The second-order valence-electron chi connectivity index (χ2n) is 3.85. The number of amides is 1. The molecule has 0 aromatic rings. The Labute approximate surface area is 96.4 Å². The van der Waals surface area contributed by atoms with Gasteiger partial charge >= 0.3 is 12.1 Å². The maximum absolute atomic E-state index is 12.2. The zero-order chi connectivity index (χ0) is 13.8. The predicted octanol–water partition coefficient (Wildman–Crippen LogP) is 0.445. The molecule has 0 aliphatic carbocycles. The normalized spacial score (nSPS) is 15.2. The summed E-state index contributed by atoms with van der Waals surface area (Å²) in [4.78, 5) is 22.2. The lowest BCUT2D eigenvalue weighted by Gasteiger charge is -2.26. The summed E-state index contributed by atoms with van der Waals surface area (Å²) in [7, 11) is 0. The quantitative estimate of drug-likeness (QED) is 0.747. The predicted molar refractivity (Wildman–Crippen MR) is 53.1 cm³/mol. The van der Waals surface area contributed by atoms with Crippen LogP contribution in [0.1, 0.15) is 13.8 Å². The van der Waals surface area contributed by atoms with Gasteiger partial charge in [-0.3, -0.25) is 9.59 Å². The van der Waals surface area contributed by atoms with E-state index >= 15 is 0 Å². The number of hydrogen-bond donors (Lipinski definition) is 2. The number of nitrogens with zero attached hydrogens (tertiary/aromatic N) is 1. The number of nitrogens with two attached hydrogens (primary N) is 1. The molecule has 0 radical (unpaired) electrons. The molecule has 0 aromatic heterocycles. The molecule has 0 aromatic carbocycles. The largest absolute Gasteiger partial charge is 0.480 e. The van der Waals surface area contributed by atoms with Crippen LogP contribution in [-0.4, -0.2) is 47.2 Å². The van der Waals surface area contributed by atoms with Gasteiger partial charge in [0.1, 0.15) is 13.1 Å². The Kier molecular flexibility index (Phi) is 5.40. The van der Waals surface area contributed by atoms with E-state index in [9.17, 15) is 22.8 Å². The number of carbonyl (C=O) groups excluding carboxylic acids is 1. The molecule has 1 amide bonds. The number of hydrogen-bond acceptors (Lipinski definition) is 3. The smallest absolute Gasteiger partial charge is 0.406 e. The molecule has 0 aliphatic heterocycles. The zero-order valence-corrected chi connectivity index (χ0v) is 9.49. The van der Waals surface area contributed by atoms with Crippen molar-refractivity contribution in [3.05, 3.63) is 0 Å². The summed E-state index contributed by atoms with van der Waals surface area (Å²) in [5.74, 6) is -3.28. The summed E-state index contributed by atoms with van der Waals surface area (Å²) in [5, 5.41) is 8.46. The van der Waals surface area contributed by atoms with Gasteiger partial charge in [0.2, 0.25) is 5.91 Å². The van der Waals surface area contributed by atoms with Crippen LogP contribution in [0.15, 0.2) is 0 Å². The first-order valence-electron chi connectivity index (χ1n) is 4.87. The van der Waals surface area contributed by atoms with E-state index in [2.05, 4.69) is 0 Å². The molecule has 0 aliphatic rings. The third-order valence-corrected chi connectivity index (χ3v) is 2.19. The Hall–Kier alpha value is -1.31. The number of aliphatic carboxylic acids is 1. The van der Waals surface area contributed by atoms with E-state index in [4.69, 9.17) is 10.8 Å². The number of rotatable bonds is 5. The van der Waals surface area contributed by atoms with E-state index in [-0.39, 0.29) is 4.90 Å². The first-order chi connectivity index (χ1) is 7.54. The second kappa shape index (κ2) is 5.85. The van der Waals surface area contributed by atoms with E-state index in [0.717, 1.165) is 0 Å². The van der Waals surface area contributed by atoms with Crippen molar-refractivity contribution in [3.8, 4) is 0 Å². The minimum atomic E-state index is -4.64. The van der Waals surface area contributed by atoms with Crippen LogP contribution < -0.4 is 5.73 Å². The Bertz CT molecular complexity index is 292. The third kappa shape index (κ3) is 6.10. The molecule has 0 rings (SSSR count). The number of halogens is 3. The Morgan fingerprint density at radius 3 is 2.12 bits per heavy atom. The van der Waals surface area contributed by atoms with E-state index < -0.39 is 43.1 Å². The number of alkyl halides is 3. The molecule has 2 unspecified atom stereocenters. The van der Waals surface area contributed by atoms with Gasteiger partial charge in [-0.25, -0.2) is 0 Å². The van der Waals surface area contributed by atoms with Gasteiger partial charge in [0.05, 0.1) is 5.92 Å². The molecule has 8 heteroatoms. The molecular formula is C9H15F3N2O3. The fraction of sp³-hybridized carbons (Fsp3) is 0.778. The molecule has 100 valence electrons. The maximum atomic E-state index is 12.2. The van der Waals surface area contributed by atoms with Crippen molar-refractivity contribution < 1.29 is 27.9 Å². The highest BCUT2D eigenvalue weighted by Crippen LogP contribution is 2.18. The van der Waals surface area contributed by atoms with Crippen molar-refractivity contribution in [1.29, 1.82) is 0 Å². The molecule has 17 heavy (non-hydrogen) atoms. The van der Waals surface area contributed by atoms with Gasteiger partial charge in [0, 0.05) is 6.04 Å². The van der Waals surface area contributed by atoms with Crippen molar-refractivity contribution in [2.75, 3.05) is 13.1 Å². The van der Waals surface area contributed by atoms with Crippen LogP contribution in [0.25, 0.3) is 0 Å². The van der Waals surface area contributed by atoms with Crippen LogP contribution in [0.2, 0.25) is 0 Å². The van der Waals surface area contributed by atoms with Crippen LogP contribution in [0.4, 0.5) is 13.2 Å². The fourth-order valence-corrected chi connectivity index (χ4v) is 1.10. The fourth-order valence-electron chi connectivity index (χ4n) is 1.10. The van der Waals surface area contributed by atoms with Gasteiger partial charge in [-0.2, -0.15) is 13.2 Å². The SMILES string of the molecule is CC(N)C(C)C(=O)N(CC(=O)O)CC(F)(F)F. The Balaban J connectivity index is 4.79. The van der Waals surface area contributed by atoms with Crippen molar-refractivity contribution in [2.24, 2.45) is 11.7 Å². The molecule has 0 saturated carbocycles. The lowest BCUT2D eigenvalue weighted by molar-refractivity contribution is -0.168. The van der Waals surface area contributed by atoms with Gasteiger partial charge < -0.3 is 15.7 Å². The van der Waals surface area contributed by atoms with Crippen LogP contribution in [0.3, 0.4) is 0 Å². The van der Waals surface area contributed by atoms with Crippen molar-refractivity contribution in [1.82, 2.24) is 4.90 Å². The van der Waals surface area contributed by atoms with Crippen LogP contribution in [0, 0.1) is 5.92 Å². The zero-order valence-electron chi connectivity index (χ0n) is 9.49. The molecule has 0 spiro atoms. The minimum absolute atomic E-state index is 0.246. The molecule has 0 saturated heterocycles. The first kappa shape index (κ1) is 15.7. The second-order valence-corrected chi connectivity index (χ2v) is 3.85. The molecule has 0 heterocycles. The van der Waals surface area contributed by atoms with E-state index in [0.29, 0.717) is 0 Å². The third-order valence-electron chi connectivity index (χ3n) is 2.19. The van der Waals surface area contributed by atoms with E-state index in [1.807, 2.05) is 0 Å². The van der Waals surface area contributed by atoms with Gasteiger partial charge in [0.15, 0.2) is 0 Å². The van der Waals surface area contributed by atoms with Gasteiger partial charge in [-0.15, -0.1) is 0 Å². The summed E-state index contributed by atoms with van der Waals surface area (Å²) in [6.07, 6.45) is -4.64. The highest BCUT2D eigenvalue weighted by atomic mass is 19.4. The summed E-state index contributed by atoms with van der Waals surface area (Å²) in [6.45, 7) is 0.248. The average molecular weight is 256 g/mol. The average Bonchev–Trinajstić information content (AvgIpc) is 2.11. The van der Waals surface area contributed by atoms with Crippen LogP contribution in [0.5, 0.6) is 0 Å². The molecule has 0 bridgehead atoms. The molecule has 5 nitrogen and oxygen atoms in total. The maximum Gasteiger partial charge on any atom is 0.406 e. The molecule has 2 atom stereocenters. The topological polar surface area (TPSA) is 83.6 Å². The molecular weight excluding hydrogens is 241 g/mol.